The summed E-state index contributed by atoms with van der Waals surface area (Å²) in [5.41, 5.74) is 0.494. The Hall–Kier alpha value is -1.93. The second-order valence-electron chi connectivity index (χ2n) is 6.44. The summed E-state index contributed by atoms with van der Waals surface area (Å²) < 4.78 is 7.32. The summed E-state index contributed by atoms with van der Waals surface area (Å²) in [6, 6.07) is 8.01. The van der Waals surface area contributed by atoms with E-state index in [0.717, 1.165) is 40.2 Å². The van der Waals surface area contributed by atoms with Crippen LogP contribution in [0.4, 0.5) is 0 Å². The molecular formula is C18H20N4O2S2. The minimum atomic E-state index is -0.484. The second kappa shape index (κ2) is 7.36. The van der Waals surface area contributed by atoms with Crippen LogP contribution in [0.2, 0.25) is 0 Å². The van der Waals surface area contributed by atoms with E-state index in [0.29, 0.717) is 23.9 Å². The number of hydrogen-bond donors (Lipinski definition) is 1. The minimum absolute atomic E-state index is 0.0148. The van der Waals surface area contributed by atoms with Crippen molar-refractivity contribution in [2.24, 2.45) is 0 Å². The van der Waals surface area contributed by atoms with E-state index >= 15 is 0 Å². The number of aryl methyl sites for hydroxylation is 1. The number of para-hydroxylation sites is 1. The Morgan fingerprint density at radius 2 is 2.12 bits per heavy atom. The molecule has 0 saturated heterocycles. The van der Waals surface area contributed by atoms with Crippen LogP contribution in [-0.2, 0) is 16.8 Å². The number of thiazole rings is 1. The number of benzene rings is 1. The van der Waals surface area contributed by atoms with Crippen LogP contribution in [-0.4, -0.2) is 26.8 Å². The van der Waals surface area contributed by atoms with Crippen LogP contribution in [0.25, 0.3) is 10.2 Å². The summed E-state index contributed by atoms with van der Waals surface area (Å²) in [5, 5.41) is 7.31. The van der Waals surface area contributed by atoms with Crippen LogP contribution in [0.15, 0.2) is 33.1 Å². The maximum absolute atomic E-state index is 12.6. The molecule has 0 atom stereocenters. The molecule has 1 aliphatic rings. The van der Waals surface area contributed by atoms with Crippen molar-refractivity contribution in [3.8, 4) is 0 Å². The van der Waals surface area contributed by atoms with Gasteiger partial charge in [0.2, 0.25) is 11.8 Å². The number of carbonyl (C=O) groups excluding carboxylic acids is 1. The highest BCUT2D eigenvalue weighted by atomic mass is 32.2. The lowest BCUT2D eigenvalue weighted by molar-refractivity contribution is -0.120. The third-order valence-electron chi connectivity index (χ3n) is 4.64. The highest BCUT2D eigenvalue weighted by molar-refractivity contribution is 8.01. The lowest BCUT2D eigenvalue weighted by atomic mass is 9.96. The van der Waals surface area contributed by atoms with Crippen LogP contribution in [0.3, 0.4) is 0 Å². The van der Waals surface area contributed by atoms with Crippen molar-refractivity contribution < 1.29 is 9.32 Å². The molecule has 6 nitrogen and oxygen atoms in total. The first-order valence-electron chi connectivity index (χ1n) is 8.81. The van der Waals surface area contributed by atoms with Gasteiger partial charge in [0.1, 0.15) is 5.54 Å². The second-order valence-corrected chi connectivity index (χ2v) is 8.69. The number of carbonyl (C=O) groups is 1. The standard InChI is InChI=1S/C18H20N4O2S2/c1-2-15-20-16(22-24-15)18(9-5-6-10-18)21-14(23)11-25-17-19-12-7-3-4-8-13(12)26-17/h3-4,7-8H,2,5-6,9-11H2,1H3,(H,21,23). The summed E-state index contributed by atoms with van der Waals surface area (Å²) in [6.07, 6.45) is 4.52. The average Bonchev–Trinajstić information content (AvgIpc) is 3.38. The molecule has 1 saturated carbocycles. The van der Waals surface area contributed by atoms with Crippen molar-refractivity contribution >= 4 is 39.2 Å². The van der Waals surface area contributed by atoms with Gasteiger partial charge in [-0.05, 0) is 25.0 Å². The van der Waals surface area contributed by atoms with Gasteiger partial charge in [-0.15, -0.1) is 11.3 Å². The zero-order valence-electron chi connectivity index (χ0n) is 14.5. The number of nitrogens with zero attached hydrogens (tertiary/aromatic N) is 3. The van der Waals surface area contributed by atoms with Gasteiger partial charge in [0.25, 0.3) is 0 Å². The highest BCUT2D eigenvalue weighted by Gasteiger charge is 2.41. The monoisotopic (exact) mass is 388 g/mol. The smallest absolute Gasteiger partial charge is 0.231 e. The molecule has 0 spiro atoms. The zero-order valence-corrected chi connectivity index (χ0v) is 16.2. The fourth-order valence-electron chi connectivity index (χ4n) is 3.32. The van der Waals surface area contributed by atoms with Gasteiger partial charge in [-0.3, -0.25) is 4.79 Å². The predicted octanol–water partition coefficient (Wildman–Crippen LogP) is 3.92. The van der Waals surface area contributed by atoms with Crippen molar-refractivity contribution in [3.05, 3.63) is 36.0 Å². The summed E-state index contributed by atoms with van der Waals surface area (Å²) >= 11 is 3.09. The van der Waals surface area contributed by atoms with E-state index in [9.17, 15) is 4.79 Å². The van der Waals surface area contributed by atoms with Gasteiger partial charge in [-0.25, -0.2) is 4.98 Å². The molecule has 8 heteroatoms. The number of hydrogen-bond acceptors (Lipinski definition) is 7. The third-order valence-corrected chi connectivity index (χ3v) is 6.81. The molecule has 4 rings (SSSR count). The fraction of sp³-hybridized carbons (Fsp3) is 0.444. The van der Waals surface area contributed by atoms with Crippen molar-refractivity contribution in [1.29, 1.82) is 0 Å². The molecule has 136 valence electrons. The van der Waals surface area contributed by atoms with Crippen molar-refractivity contribution in [1.82, 2.24) is 20.4 Å². The Labute approximate surface area is 159 Å². The molecule has 0 radical (unpaired) electrons. The topological polar surface area (TPSA) is 80.9 Å². The van der Waals surface area contributed by atoms with E-state index in [1.54, 1.807) is 11.3 Å². The molecule has 1 amide bonds. The normalized spacial score (nSPS) is 16.2. The van der Waals surface area contributed by atoms with Gasteiger partial charge in [-0.2, -0.15) is 4.98 Å². The quantitative estimate of drug-likeness (QED) is 0.645. The molecule has 2 aromatic heterocycles. The maximum atomic E-state index is 12.6. The van der Waals surface area contributed by atoms with Crippen molar-refractivity contribution in [2.75, 3.05) is 5.75 Å². The summed E-state index contributed by atoms with van der Waals surface area (Å²) in [4.78, 5) is 21.6. The van der Waals surface area contributed by atoms with Gasteiger partial charge in [-0.1, -0.05) is 48.8 Å². The molecule has 2 heterocycles. The molecule has 1 N–H and O–H groups in total. The molecule has 0 bridgehead atoms. The number of nitrogens with one attached hydrogen (secondary N) is 1. The van der Waals surface area contributed by atoms with E-state index in [2.05, 4.69) is 20.4 Å². The molecule has 0 unspecified atom stereocenters. The molecule has 0 aliphatic heterocycles. The number of amides is 1. The van der Waals surface area contributed by atoms with Crippen molar-refractivity contribution in [2.45, 2.75) is 48.9 Å². The number of aromatic nitrogens is 3. The number of fused-ring (bicyclic) bond motifs is 1. The molecule has 1 fully saturated rings. The highest BCUT2D eigenvalue weighted by Crippen LogP contribution is 2.37. The van der Waals surface area contributed by atoms with Crippen LogP contribution in [0.1, 0.15) is 44.3 Å². The van der Waals surface area contributed by atoms with E-state index in [4.69, 9.17) is 4.52 Å². The number of rotatable bonds is 6. The van der Waals surface area contributed by atoms with Gasteiger partial charge in [0.15, 0.2) is 10.2 Å². The SMILES string of the molecule is CCc1nc(C2(NC(=O)CSc3nc4ccccc4s3)CCCC2)no1. The maximum Gasteiger partial charge on any atom is 0.231 e. The fourth-order valence-corrected chi connectivity index (χ4v) is 5.19. The largest absolute Gasteiger partial charge is 0.342 e. The Balaban J connectivity index is 1.43. The third kappa shape index (κ3) is 3.48. The lowest BCUT2D eigenvalue weighted by Gasteiger charge is -2.26. The Morgan fingerprint density at radius 1 is 1.31 bits per heavy atom. The van der Waals surface area contributed by atoms with E-state index in [1.165, 1.54) is 11.8 Å². The van der Waals surface area contributed by atoms with Crippen LogP contribution in [0.5, 0.6) is 0 Å². The first kappa shape index (κ1) is 17.5. The Kier molecular flexibility index (Phi) is 4.95. The molecule has 3 aromatic rings. The minimum Gasteiger partial charge on any atom is -0.342 e. The Morgan fingerprint density at radius 3 is 2.85 bits per heavy atom. The molecule has 26 heavy (non-hydrogen) atoms. The summed E-state index contributed by atoms with van der Waals surface area (Å²) in [6.45, 7) is 1.98. The number of thioether (sulfide) groups is 1. The molecular weight excluding hydrogens is 368 g/mol. The Bertz CT molecular complexity index is 882. The lowest BCUT2D eigenvalue weighted by Crippen LogP contribution is -2.45. The van der Waals surface area contributed by atoms with Gasteiger partial charge in [0.05, 0.1) is 16.0 Å². The van der Waals surface area contributed by atoms with Crippen LogP contribution in [0, 0.1) is 0 Å². The average molecular weight is 389 g/mol. The van der Waals surface area contributed by atoms with Gasteiger partial charge in [0, 0.05) is 6.42 Å². The van der Waals surface area contributed by atoms with E-state index < -0.39 is 5.54 Å². The van der Waals surface area contributed by atoms with Crippen LogP contribution < -0.4 is 5.32 Å². The van der Waals surface area contributed by atoms with E-state index in [-0.39, 0.29) is 5.91 Å². The zero-order chi connectivity index (χ0) is 18.0. The first-order chi connectivity index (χ1) is 12.7. The van der Waals surface area contributed by atoms with Gasteiger partial charge < -0.3 is 9.84 Å². The first-order valence-corrected chi connectivity index (χ1v) is 10.6. The summed E-state index contributed by atoms with van der Waals surface area (Å²) in [7, 11) is 0. The molecule has 1 aliphatic carbocycles. The van der Waals surface area contributed by atoms with E-state index in [1.807, 2.05) is 31.2 Å². The summed E-state index contributed by atoms with van der Waals surface area (Å²) in [5.74, 6) is 1.55. The predicted molar refractivity (Wildman–Crippen MR) is 102 cm³/mol. The van der Waals surface area contributed by atoms with Crippen LogP contribution >= 0.6 is 23.1 Å². The van der Waals surface area contributed by atoms with Gasteiger partial charge >= 0.3 is 0 Å². The molecule has 1 aromatic carbocycles. The van der Waals surface area contributed by atoms with Crippen molar-refractivity contribution in [3.63, 3.8) is 0 Å².